The summed E-state index contributed by atoms with van der Waals surface area (Å²) in [7, 11) is 1.35. The molecule has 0 radical (unpaired) electrons. The molecule has 0 saturated carbocycles. The summed E-state index contributed by atoms with van der Waals surface area (Å²) in [6.45, 7) is 2.43. The van der Waals surface area contributed by atoms with Crippen LogP contribution in [0, 0.1) is 11.8 Å². The molecule has 0 heterocycles. The van der Waals surface area contributed by atoms with Gasteiger partial charge in [0.25, 0.3) is 0 Å². The van der Waals surface area contributed by atoms with Crippen LogP contribution in [0.5, 0.6) is 0 Å². The summed E-state index contributed by atoms with van der Waals surface area (Å²) in [6, 6.07) is 9.89. The number of benzene rings is 1. The smallest absolute Gasteiger partial charge is 0.312 e. The topological polar surface area (TPSA) is 55.8 Å². The lowest BCUT2D eigenvalue weighted by Gasteiger charge is -2.34. The second-order valence-electron chi connectivity index (χ2n) is 5.37. The number of carbonyl (C=O) groups is 1. The van der Waals surface area contributed by atoms with E-state index in [1.54, 1.807) is 6.08 Å². The molecule has 4 heteroatoms. The lowest BCUT2D eigenvalue weighted by molar-refractivity contribution is -0.155. The molecule has 2 rings (SSSR count). The van der Waals surface area contributed by atoms with Crippen LogP contribution >= 0.6 is 0 Å². The van der Waals surface area contributed by atoms with Gasteiger partial charge in [-0.15, -0.1) is 0 Å². The third kappa shape index (κ3) is 3.93. The molecule has 1 aliphatic carbocycles. The Balaban J connectivity index is 2.00. The van der Waals surface area contributed by atoms with E-state index in [0.717, 1.165) is 5.56 Å². The van der Waals surface area contributed by atoms with Crippen molar-refractivity contribution in [2.75, 3.05) is 7.11 Å². The van der Waals surface area contributed by atoms with Crippen molar-refractivity contribution in [1.82, 2.24) is 0 Å². The van der Waals surface area contributed by atoms with Gasteiger partial charge in [0, 0.05) is 5.92 Å². The number of aliphatic hydroxyl groups excluding tert-OH is 1. The molecular formula is C17H22O4. The van der Waals surface area contributed by atoms with E-state index < -0.39 is 12.0 Å². The number of aliphatic hydroxyl groups is 1. The van der Waals surface area contributed by atoms with E-state index in [-0.39, 0.29) is 18.0 Å². The first-order chi connectivity index (χ1) is 10.1. The number of carbonyl (C=O) groups excluding carboxylic acids is 1. The molecule has 1 N–H and O–H groups in total. The summed E-state index contributed by atoms with van der Waals surface area (Å²) in [4.78, 5) is 11.9. The molecule has 1 aromatic carbocycles. The molecule has 21 heavy (non-hydrogen) atoms. The van der Waals surface area contributed by atoms with Gasteiger partial charge in [-0.3, -0.25) is 4.79 Å². The minimum Gasteiger partial charge on any atom is -0.469 e. The van der Waals surface area contributed by atoms with Crippen molar-refractivity contribution in [2.45, 2.75) is 32.2 Å². The third-order valence-corrected chi connectivity index (χ3v) is 4.00. The highest BCUT2D eigenvalue weighted by Gasteiger charge is 2.39. The summed E-state index contributed by atoms with van der Waals surface area (Å²) < 4.78 is 10.7. The molecule has 0 amide bonds. The number of hydrogen-bond donors (Lipinski definition) is 1. The second kappa shape index (κ2) is 7.38. The zero-order valence-corrected chi connectivity index (χ0v) is 12.4. The molecule has 114 valence electrons. The second-order valence-corrected chi connectivity index (χ2v) is 5.37. The van der Waals surface area contributed by atoms with Gasteiger partial charge in [-0.05, 0) is 18.9 Å². The van der Waals surface area contributed by atoms with Gasteiger partial charge < -0.3 is 14.6 Å². The summed E-state index contributed by atoms with van der Waals surface area (Å²) in [6.07, 6.45) is 3.30. The molecular weight excluding hydrogens is 268 g/mol. The lowest BCUT2D eigenvalue weighted by Crippen LogP contribution is -2.42. The summed E-state index contributed by atoms with van der Waals surface area (Å²) in [5, 5.41) is 10.0. The summed E-state index contributed by atoms with van der Waals surface area (Å²) in [5.41, 5.74) is 1.09. The predicted molar refractivity (Wildman–Crippen MR) is 79.5 cm³/mol. The van der Waals surface area contributed by atoms with Crippen LogP contribution < -0.4 is 0 Å². The quantitative estimate of drug-likeness (QED) is 0.668. The highest BCUT2D eigenvalue weighted by Crippen LogP contribution is 2.31. The minimum absolute atomic E-state index is 0.0823. The van der Waals surface area contributed by atoms with E-state index in [2.05, 4.69) is 0 Å². The first-order valence-electron chi connectivity index (χ1n) is 7.21. The number of hydrogen-bond acceptors (Lipinski definition) is 4. The summed E-state index contributed by atoms with van der Waals surface area (Å²) >= 11 is 0. The van der Waals surface area contributed by atoms with Crippen molar-refractivity contribution in [3.05, 3.63) is 48.0 Å². The largest absolute Gasteiger partial charge is 0.469 e. The van der Waals surface area contributed by atoms with Crippen LogP contribution in [0.3, 0.4) is 0 Å². The zero-order valence-electron chi connectivity index (χ0n) is 12.4. The first kappa shape index (κ1) is 15.7. The van der Waals surface area contributed by atoms with Crippen molar-refractivity contribution in [3.8, 4) is 0 Å². The monoisotopic (exact) mass is 290 g/mol. The highest BCUT2D eigenvalue weighted by atomic mass is 16.5. The van der Waals surface area contributed by atoms with Gasteiger partial charge in [-0.25, -0.2) is 0 Å². The van der Waals surface area contributed by atoms with Gasteiger partial charge in [0.2, 0.25) is 0 Å². The van der Waals surface area contributed by atoms with Gasteiger partial charge in [0.1, 0.15) is 0 Å². The molecule has 1 aliphatic rings. The minimum atomic E-state index is -0.807. The van der Waals surface area contributed by atoms with Gasteiger partial charge in [0.05, 0.1) is 31.8 Å². The van der Waals surface area contributed by atoms with Crippen molar-refractivity contribution in [1.29, 1.82) is 0 Å². The molecule has 0 saturated heterocycles. The van der Waals surface area contributed by atoms with Crippen LogP contribution in [-0.2, 0) is 20.9 Å². The maximum absolute atomic E-state index is 11.9. The average molecular weight is 290 g/mol. The Morgan fingerprint density at radius 3 is 2.76 bits per heavy atom. The van der Waals surface area contributed by atoms with Crippen LogP contribution in [0.1, 0.15) is 18.9 Å². The van der Waals surface area contributed by atoms with Crippen LogP contribution in [0.2, 0.25) is 0 Å². The van der Waals surface area contributed by atoms with Crippen LogP contribution in [0.15, 0.2) is 42.5 Å². The SMILES string of the molecule is COC(=O)[C@@H]1[C@H]([C@@H](C)OCc2ccccc2)CC=C[C@@H]1O. The maximum Gasteiger partial charge on any atom is 0.312 e. The maximum atomic E-state index is 11.9. The van der Waals surface area contributed by atoms with E-state index in [4.69, 9.17) is 9.47 Å². The van der Waals surface area contributed by atoms with Crippen molar-refractivity contribution < 1.29 is 19.4 Å². The van der Waals surface area contributed by atoms with Crippen LogP contribution in [0.4, 0.5) is 0 Å². The van der Waals surface area contributed by atoms with Gasteiger partial charge >= 0.3 is 5.97 Å². The van der Waals surface area contributed by atoms with E-state index >= 15 is 0 Å². The molecule has 0 aliphatic heterocycles. The number of rotatable bonds is 5. The first-order valence-corrected chi connectivity index (χ1v) is 7.21. The Labute approximate surface area is 125 Å². The van der Waals surface area contributed by atoms with E-state index in [1.165, 1.54) is 7.11 Å². The van der Waals surface area contributed by atoms with E-state index in [0.29, 0.717) is 13.0 Å². The number of methoxy groups -OCH3 is 1. The zero-order chi connectivity index (χ0) is 15.2. The van der Waals surface area contributed by atoms with E-state index in [1.807, 2.05) is 43.3 Å². The predicted octanol–water partition coefficient (Wildman–Crippen LogP) is 2.32. The van der Waals surface area contributed by atoms with Crippen molar-refractivity contribution in [2.24, 2.45) is 11.8 Å². The number of esters is 1. The normalized spacial score (nSPS) is 26.3. The third-order valence-electron chi connectivity index (χ3n) is 4.00. The van der Waals surface area contributed by atoms with Crippen molar-refractivity contribution in [3.63, 3.8) is 0 Å². The molecule has 0 unspecified atom stereocenters. The van der Waals surface area contributed by atoms with Crippen LogP contribution in [-0.4, -0.2) is 30.4 Å². The standard InChI is InChI=1S/C17H22O4/c1-12(21-11-13-7-4-3-5-8-13)14-9-6-10-15(18)16(14)17(19)20-2/h3-8,10,12,14-16,18H,9,11H2,1-2H3/t12-,14+,15+,16-/m1/s1. The van der Waals surface area contributed by atoms with Gasteiger partial charge in [-0.1, -0.05) is 42.5 Å². The molecule has 0 fully saturated rings. The van der Waals surface area contributed by atoms with Gasteiger partial charge in [0.15, 0.2) is 0 Å². The van der Waals surface area contributed by atoms with Crippen LogP contribution in [0.25, 0.3) is 0 Å². The fraction of sp³-hybridized carbons (Fsp3) is 0.471. The highest BCUT2D eigenvalue weighted by molar-refractivity contribution is 5.74. The summed E-state index contributed by atoms with van der Waals surface area (Å²) in [5.74, 6) is -1.03. The Morgan fingerprint density at radius 2 is 2.10 bits per heavy atom. The number of allylic oxidation sites excluding steroid dienone is 1. The molecule has 1 aromatic rings. The van der Waals surface area contributed by atoms with Gasteiger partial charge in [-0.2, -0.15) is 0 Å². The fourth-order valence-corrected chi connectivity index (χ4v) is 2.75. The molecule has 4 atom stereocenters. The Bertz CT molecular complexity index is 483. The Morgan fingerprint density at radius 1 is 1.38 bits per heavy atom. The van der Waals surface area contributed by atoms with Crippen molar-refractivity contribution >= 4 is 5.97 Å². The van der Waals surface area contributed by atoms with E-state index in [9.17, 15) is 9.90 Å². The molecule has 0 spiro atoms. The molecule has 0 aromatic heterocycles. The Kier molecular flexibility index (Phi) is 5.53. The Hall–Kier alpha value is -1.65. The average Bonchev–Trinajstić information content (AvgIpc) is 2.52. The lowest BCUT2D eigenvalue weighted by atomic mass is 9.78. The molecule has 4 nitrogen and oxygen atoms in total. The molecule has 0 bridgehead atoms. The fourth-order valence-electron chi connectivity index (χ4n) is 2.75. The number of ether oxygens (including phenoxy) is 2.